The lowest BCUT2D eigenvalue weighted by atomic mass is 9.73. The van der Waals surface area contributed by atoms with Crippen LogP contribution in [0.1, 0.15) is 51.5 Å². The van der Waals surface area contributed by atoms with Crippen molar-refractivity contribution in [2.75, 3.05) is 13.7 Å². The molecule has 1 aromatic carbocycles. The van der Waals surface area contributed by atoms with Gasteiger partial charge in [-0.05, 0) is 44.4 Å². The lowest BCUT2D eigenvalue weighted by Gasteiger charge is -2.34. The average Bonchev–Trinajstić information content (AvgIpc) is 2.60. The van der Waals surface area contributed by atoms with Crippen LogP contribution in [-0.2, 0) is 15.0 Å². The van der Waals surface area contributed by atoms with Gasteiger partial charge in [-0.15, -0.1) is 0 Å². The molecule has 0 spiro atoms. The van der Waals surface area contributed by atoms with Crippen molar-refractivity contribution in [3.8, 4) is 5.75 Å². The van der Waals surface area contributed by atoms with Crippen LogP contribution in [0.25, 0.3) is 0 Å². The molecule has 24 heavy (non-hydrogen) atoms. The predicted molar refractivity (Wildman–Crippen MR) is 92.2 cm³/mol. The number of benzene rings is 1. The van der Waals surface area contributed by atoms with Crippen LogP contribution in [-0.4, -0.2) is 30.6 Å². The van der Waals surface area contributed by atoms with Crippen LogP contribution in [0.15, 0.2) is 24.3 Å². The number of carboxylic acid groups (broad SMARTS) is 1. The van der Waals surface area contributed by atoms with Gasteiger partial charge in [-0.2, -0.15) is 0 Å². The summed E-state index contributed by atoms with van der Waals surface area (Å²) in [5.41, 5.74) is -0.682. The van der Waals surface area contributed by atoms with Gasteiger partial charge in [0.1, 0.15) is 5.75 Å². The van der Waals surface area contributed by atoms with Gasteiger partial charge < -0.3 is 15.2 Å². The number of rotatable bonds is 6. The Labute approximate surface area is 143 Å². The molecule has 2 rings (SSSR count). The molecule has 0 bridgehead atoms. The number of nitrogens with one attached hydrogen (secondary N) is 1. The highest BCUT2D eigenvalue weighted by atomic mass is 16.5. The summed E-state index contributed by atoms with van der Waals surface area (Å²) < 4.78 is 5.14. The minimum Gasteiger partial charge on any atom is -0.497 e. The van der Waals surface area contributed by atoms with Gasteiger partial charge in [0.15, 0.2) is 0 Å². The molecule has 132 valence electrons. The number of hydrogen-bond donors (Lipinski definition) is 2. The molecule has 0 aromatic heterocycles. The number of carbonyl (C=O) groups is 2. The molecule has 0 saturated heterocycles. The van der Waals surface area contributed by atoms with E-state index in [0.29, 0.717) is 12.8 Å². The van der Waals surface area contributed by atoms with Crippen molar-refractivity contribution in [2.24, 2.45) is 5.41 Å². The van der Waals surface area contributed by atoms with E-state index in [0.717, 1.165) is 30.6 Å². The summed E-state index contributed by atoms with van der Waals surface area (Å²) in [5.74, 6) is -0.217. The van der Waals surface area contributed by atoms with E-state index >= 15 is 0 Å². The van der Waals surface area contributed by atoms with E-state index in [1.54, 1.807) is 7.11 Å². The first-order valence-corrected chi connectivity index (χ1v) is 8.48. The lowest BCUT2D eigenvalue weighted by molar-refractivity contribution is -0.151. The van der Waals surface area contributed by atoms with Crippen molar-refractivity contribution in [3.63, 3.8) is 0 Å². The summed E-state index contributed by atoms with van der Waals surface area (Å²) in [6.07, 6.45) is 4.14. The quantitative estimate of drug-likeness (QED) is 0.838. The summed E-state index contributed by atoms with van der Waals surface area (Å²) >= 11 is 0. The molecule has 0 radical (unpaired) electrons. The predicted octanol–water partition coefficient (Wildman–Crippen LogP) is 3.12. The Kier molecular flexibility index (Phi) is 5.52. The fourth-order valence-corrected chi connectivity index (χ4v) is 3.30. The normalized spacial score (nSPS) is 17.1. The Morgan fingerprint density at radius 3 is 2.25 bits per heavy atom. The molecular formula is C19H27NO4. The molecular weight excluding hydrogens is 306 g/mol. The molecule has 0 aliphatic heterocycles. The highest BCUT2D eigenvalue weighted by Crippen LogP contribution is 2.36. The fraction of sp³-hybridized carbons (Fsp3) is 0.579. The monoisotopic (exact) mass is 333 g/mol. The van der Waals surface area contributed by atoms with Crippen LogP contribution >= 0.6 is 0 Å². The summed E-state index contributed by atoms with van der Waals surface area (Å²) in [6.45, 7) is 3.89. The van der Waals surface area contributed by atoms with Gasteiger partial charge in [0.2, 0.25) is 5.91 Å². The van der Waals surface area contributed by atoms with E-state index < -0.39 is 16.8 Å². The Bertz CT molecular complexity index is 586. The van der Waals surface area contributed by atoms with Gasteiger partial charge in [0.05, 0.1) is 17.9 Å². The third kappa shape index (κ3) is 3.71. The van der Waals surface area contributed by atoms with Crippen molar-refractivity contribution >= 4 is 11.9 Å². The molecule has 1 aliphatic carbocycles. The second-order valence-corrected chi connectivity index (χ2v) is 7.18. The summed E-state index contributed by atoms with van der Waals surface area (Å²) in [7, 11) is 1.60. The Morgan fingerprint density at radius 2 is 1.75 bits per heavy atom. The summed E-state index contributed by atoms with van der Waals surface area (Å²) in [4.78, 5) is 24.4. The second-order valence-electron chi connectivity index (χ2n) is 7.18. The molecule has 0 unspecified atom stereocenters. The third-order valence-corrected chi connectivity index (χ3v) is 5.23. The minimum absolute atomic E-state index is 0.154. The number of hydrogen-bond acceptors (Lipinski definition) is 3. The maximum atomic E-state index is 12.7. The van der Waals surface area contributed by atoms with Crippen LogP contribution in [0.2, 0.25) is 0 Å². The fourth-order valence-electron chi connectivity index (χ4n) is 3.30. The van der Waals surface area contributed by atoms with Crippen molar-refractivity contribution in [1.29, 1.82) is 0 Å². The number of carboxylic acids is 1. The van der Waals surface area contributed by atoms with Crippen LogP contribution in [0.4, 0.5) is 0 Å². The summed E-state index contributed by atoms with van der Waals surface area (Å²) in [6, 6.07) is 7.38. The van der Waals surface area contributed by atoms with Gasteiger partial charge in [-0.25, -0.2) is 0 Å². The van der Waals surface area contributed by atoms with Crippen LogP contribution < -0.4 is 10.1 Å². The van der Waals surface area contributed by atoms with E-state index in [2.05, 4.69) is 5.32 Å². The van der Waals surface area contributed by atoms with E-state index in [-0.39, 0.29) is 12.5 Å². The van der Waals surface area contributed by atoms with Crippen molar-refractivity contribution < 1.29 is 19.4 Å². The zero-order valence-electron chi connectivity index (χ0n) is 14.7. The van der Waals surface area contributed by atoms with Crippen LogP contribution in [0.3, 0.4) is 0 Å². The highest BCUT2D eigenvalue weighted by molar-refractivity contribution is 5.88. The molecule has 1 aliphatic rings. The second kappa shape index (κ2) is 7.24. The van der Waals surface area contributed by atoms with Crippen LogP contribution in [0.5, 0.6) is 5.75 Å². The zero-order chi connectivity index (χ0) is 17.8. The number of carbonyl (C=O) groups excluding carboxylic acids is 1. The van der Waals surface area contributed by atoms with E-state index in [9.17, 15) is 14.7 Å². The SMILES string of the molecule is COc1ccc(C(C)(C)C(=O)NCC2(C(=O)O)CCCCC2)cc1. The van der Waals surface area contributed by atoms with Gasteiger partial charge in [0.25, 0.3) is 0 Å². The van der Waals surface area contributed by atoms with E-state index in [1.807, 2.05) is 38.1 Å². The number of amides is 1. The van der Waals surface area contributed by atoms with E-state index in [4.69, 9.17) is 4.74 Å². The molecule has 1 fully saturated rings. The molecule has 5 nitrogen and oxygen atoms in total. The minimum atomic E-state index is -0.816. The maximum Gasteiger partial charge on any atom is 0.311 e. The van der Waals surface area contributed by atoms with Crippen molar-refractivity contribution in [1.82, 2.24) is 5.32 Å². The van der Waals surface area contributed by atoms with Gasteiger partial charge in [0, 0.05) is 6.54 Å². The van der Waals surface area contributed by atoms with Crippen molar-refractivity contribution in [3.05, 3.63) is 29.8 Å². The number of methoxy groups -OCH3 is 1. The van der Waals surface area contributed by atoms with Gasteiger partial charge in [-0.1, -0.05) is 31.4 Å². The first-order valence-electron chi connectivity index (χ1n) is 8.48. The molecule has 1 amide bonds. The van der Waals surface area contributed by atoms with Crippen LogP contribution in [0, 0.1) is 5.41 Å². The average molecular weight is 333 g/mol. The molecule has 0 atom stereocenters. The zero-order valence-corrected chi connectivity index (χ0v) is 14.7. The lowest BCUT2D eigenvalue weighted by Crippen LogP contribution is -2.48. The Morgan fingerprint density at radius 1 is 1.17 bits per heavy atom. The standard InChI is InChI=1S/C19H27NO4/c1-18(2,14-7-9-15(24-3)10-8-14)16(21)20-13-19(17(22)23)11-5-4-6-12-19/h7-10H,4-6,11-13H2,1-3H3,(H,20,21)(H,22,23). The molecule has 1 saturated carbocycles. The number of ether oxygens (including phenoxy) is 1. The van der Waals surface area contributed by atoms with Gasteiger partial charge >= 0.3 is 5.97 Å². The number of aliphatic carboxylic acids is 1. The highest BCUT2D eigenvalue weighted by Gasteiger charge is 2.41. The summed E-state index contributed by atoms with van der Waals surface area (Å²) in [5, 5.41) is 12.5. The molecule has 2 N–H and O–H groups in total. The third-order valence-electron chi connectivity index (χ3n) is 5.23. The topological polar surface area (TPSA) is 75.6 Å². The first kappa shape index (κ1) is 18.3. The largest absolute Gasteiger partial charge is 0.497 e. The first-order chi connectivity index (χ1) is 11.3. The Balaban J connectivity index is 2.07. The van der Waals surface area contributed by atoms with Gasteiger partial charge in [-0.3, -0.25) is 9.59 Å². The maximum absolute atomic E-state index is 12.7. The van der Waals surface area contributed by atoms with Crippen molar-refractivity contribution in [2.45, 2.75) is 51.4 Å². The Hall–Kier alpha value is -2.04. The molecule has 0 heterocycles. The van der Waals surface area contributed by atoms with E-state index in [1.165, 1.54) is 0 Å². The molecule has 1 aromatic rings. The smallest absolute Gasteiger partial charge is 0.311 e. The molecule has 5 heteroatoms.